The number of rotatable bonds is 3. The largest absolute Gasteiger partial charge is 0.497 e. The van der Waals surface area contributed by atoms with Gasteiger partial charge in [0.2, 0.25) is 0 Å². The third-order valence-corrected chi connectivity index (χ3v) is 1.77. The van der Waals surface area contributed by atoms with Gasteiger partial charge in [-0.25, -0.2) is 8.78 Å². The molecular formula is C9H11F2NO. The summed E-state index contributed by atoms with van der Waals surface area (Å²) in [6, 6.07) is 5.08. The molecule has 72 valence electrons. The van der Waals surface area contributed by atoms with E-state index < -0.39 is 12.5 Å². The molecule has 0 radical (unpaired) electrons. The van der Waals surface area contributed by atoms with E-state index in [0.717, 1.165) is 0 Å². The molecule has 0 aliphatic heterocycles. The first-order chi connectivity index (χ1) is 6.15. The fraction of sp³-hybridized carbons (Fsp3) is 0.333. The Labute approximate surface area is 75.3 Å². The second-order valence-electron chi connectivity index (χ2n) is 2.63. The molecule has 2 nitrogen and oxygen atoms in total. The zero-order valence-corrected chi connectivity index (χ0v) is 7.21. The zero-order chi connectivity index (χ0) is 9.84. The van der Waals surface area contributed by atoms with Crippen LogP contribution < -0.4 is 10.5 Å². The number of halogens is 2. The van der Waals surface area contributed by atoms with Gasteiger partial charge in [-0.1, -0.05) is 12.1 Å². The monoisotopic (exact) mass is 187 g/mol. The Bertz CT molecular complexity index is 261. The van der Waals surface area contributed by atoms with E-state index in [1.807, 2.05) is 0 Å². The van der Waals surface area contributed by atoms with Crippen molar-refractivity contribution < 1.29 is 13.5 Å². The molecule has 1 atom stereocenters. The van der Waals surface area contributed by atoms with Gasteiger partial charge >= 0.3 is 0 Å². The van der Waals surface area contributed by atoms with Gasteiger partial charge in [-0.15, -0.1) is 0 Å². The van der Waals surface area contributed by atoms with Crippen molar-refractivity contribution in [1.29, 1.82) is 0 Å². The molecule has 1 aromatic carbocycles. The van der Waals surface area contributed by atoms with E-state index in [1.54, 1.807) is 12.1 Å². The summed E-state index contributed by atoms with van der Waals surface area (Å²) in [7, 11) is 1.52. The van der Waals surface area contributed by atoms with E-state index >= 15 is 0 Å². The summed E-state index contributed by atoms with van der Waals surface area (Å²) in [4.78, 5) is 0. The SMILES string of the molecule is COc1ccc([C@@H](N)C(F)F)cc1. The quantitative estimate of drug-likeness (QED) is 0.785. The van der Waals surface area contributed by atoms with Crippen molar-refractivity contribution in [2.75, 3.05) is 7.11 Å². The second kappa shape index (κ2) is 4.18. The third kappa shape index (κ3) is 2.39. The van der Waals surface area contributed by atoms with Crippen LogP contribution in [0.2, 0.25) is 0 Å². The highest BCUT2D eigenvalue weighted by atomic mass is 19.3. The maximum Gasteiger partial charge on any atom is 0.257 e. The van der Waals surface area contributed by atoms with E-state index in [4.69, 9.17) is 10.5 Å². The summed E-state index contributed by atoms with van der Waals surface area (Å²) in [6.45, 7) is 0. The summed E-state index contributed by atoms with van der Waals surface area (Å²) < 4.78 is 29.2. The summed E-state index contributed by atoms with van der Waals surface area (Å²) in [6.07, 6.45) is -2.53. The number of alkyl halides is 2. The Kier molecular flexibility index (Phi) is 3.19. The molecule has 0 aromatic heterocycles. The molecule has 0 aliphatic carbocycles. The van der Waals surface area contributed by atoms with Gasteiger partial charge in [0.15, 0.2) is 0 Å². The molecule has 0 saturated heterocycles. The van der Waals surface area contributed by atoms with Crippen LogP contribution in [0.4, 0.5) is 8.78 Å². The van der Waals surface area contributed by atoms with Crippen LogP contribution in [0.25, 0.3) is 0 Å². The van der Waals surface area contributed by atoms with Crippen LogP contribution in [-0.4, -0.2) is 13.5 Å². The molecule has 0 heterocycles. The molecule has 0 fully saturated rings. The van der Waals surface area contributed by atoms with Crippen LogP contribution in [0.1, 0.15) is 11.6 Å². The van der Waals surface area contributed by atoms with Crippen LogP contribution in [0.15, 0.2) is 24.3 Å². The maximum atomic E-state index is 12.1. The third-order valence-electron chi connectivity index (χ3n) is 1.77. The summed E-state index contributed by atoms with van der Waals surface area (Å²) in [5.74, 6) is 0.630. The van der Waals surface area contributed by atoms with E-state index in [-0.39, 0.29) is 0 Å². The van der Waals surface area contributed by atoms with Crippen molar-refractivity contribution in [3.8, 4) is 5.75 Å². The van der Waals surface area contributed by atoms with Gasteiger partial charge in [-0.05, 0) is 17.7 Å². The molecule has 4 heteroatoms. The van der Waals surface area contributed by atoms with Crippen molar-refractivity contribution >= 4 is 0 Å². The Morgan fingerprint density at radius 2 is 1.77 bits per heavy atom. The Morgan fingerprint density at radius 3 is 2.15 bits per heavy atom. The summed E-state index contributed by atoms with van der Waals surface area (Å²) in [5, 5.41) is 0. The molecular weight excluding hydrogens is 176 g/mol. The highest BCUT2D eigenvalue weighted by Gasteiger charge is 2.16. The molecule has 13 heavy (non-hydrogen) atoms. The van der Waals surface area contributed by atoms with Gasteiger partial charge in [0.05, 0.1) is 13.2 Å². The lowest BCUT2D eigenvalue weighted by atomic mass is 10.1. The Morgan fingerprint density at radius 1 is 1.23 bits per heavy atom. The van der Waals surface area contributed by atoms with Crippen LogP contribution >= 0.6 is 0 Å². The lowest BCUT2D eigenvalue weighted by Gasteiger charge is -2.10. The smallest absolute Gasteiger partial charge is 0.257 e. The number of hydrogen-bond acceptors (Lipinski definition) is 2. The summed E-state index contributed by atoms with van der Waals surface area (Å²) >= 11 is 0. The van der Waals surface area contributed by atoms with Crippen molar-refractivity contribution in [3.63, 3.8) is 0 Å². The first-order valence-electron chi connectivity index (χ1n) is 3.83. The molecule has 0 amide bonds. The molecule has 0 aliphatic rings. The molecule has 0 saturated carbocycles. The second-order valence-corrected chi connectivity index (χ2v) is 2.63. The van der Waals surface area contributed by atoms with Crippen LogP contribution in [0, 0.1) is 0 Å². The fourth-order valence-electron chi connectivity index (χ4n) is 0.972. The number of ether oxygens (including phenoxy) is 1. The maximum absolute atomic E-state index is 12.1. The van der Waals surface area contributed by atoms with Crippen LogP contribution in [0.3, 0.4) is 0 Å². The number of benzene rings is 1. The predicted molar refractivity (Wildman–Crippen MR) is 45.9 cm³/mol. The molecule has 0 bridgehead atoms. The Hall–Kier alpha value is -1.16. The Balaban J connectivity index is 2.79. The van der Waals surface area contributed by atoms with Gasteiger partial charge in [-0.3, -0.25) is 0 Å². The first kappa shape index (κ1) is 9.92. The number of hydrogen-bond donors (Lipinski definition) is 1. The van der Waals surface area contributed by atoms with Crippen molar-refractivity contribution in [2.24, 2.45) is 5.73 Å². The van der Waals surface area contributed by atoms with Crippen LogP contribution in [0.5, 0.6) is 5.75 Å². The first-order valence-corrected chi connectivity index (χ1v) is 3.83. The van der Waals surface area contributed by atoms with Crippen LogP contribution in [-0.2, 0) is 0 Å². The van der Waals surface area contributed by atoms with Gasteiger partial charge < -0.3 is 10.5 Å². The predicted octanol–water partition coefficient (Wildman–Crippen LogP) is 1.96. The molecule has 1 rings (SSSR count). The van der Waals surface area contributed by atoms with Gasteiger partial charge in [0.25, 0.3) is 6.43 Å². The fourth-order valence-corrected chi connectivity index (χ4v) is 0.972. The highest BCUT2D eigenvalue weighted by Crippen LogP contribution is 2.20. The van der Waals surface area contributed by atoms with Gasteiger partial charge in [-0.2, -0.15) is 0 Å². The van der Waals surface area contributed by atoms with Gasteiger partial charge in [0, 0.05) is 0 Å². The van der Waals surface area contributed by atoms with E-state index in [2.05, 4.69) is 0 Å². The minimum atomic E-state index is -2.53. The van der Waals surface area contributed by atoms with E-state index in [9.17, 15) is 8.78 Å². The average Bonchev–Trinajstić information content (AvgIpc) is 2.17. The average molecular weight is 187 g/mol. The van der Waals surface area contributed by atoms with E-state index in [0.29, 0.717) is 11.3 Å². The number of methoxy groups -OCH3 is 1. The van der Waals surface area contributed by atoms with Crippen molar-refractivity contribution in [1.82, 2.24) is 0 Å². The molecule has 2 N–H and O–H groups in total. The van der Waals surface area contributed by atoms with Crippen molar-refractivity contribution in [2.45, 2.75) is 12.5 Å². The normalized spacial score (nSPS) is 13.0. The summed E-state index contributed by atoms with van der Waals surface area (Å²) in [5.41, 5.74) is 5.65. The topological polar surface area (TPSA) is 35.2 Å². The molecule has 0 unspecified atom stereocenters. The lowest BCUT2D eigenvalue weighted by Crippen LogP contribution is -2.18. The van der Waals surface area contributed by atoms with Gasteiger partial charge in [0.1, 0.15) is 5.75 Å². The minimum Gasteiger partial charge on any atom is -0.497 e. The van der Waals surface area contributed by atoms with E-state index in [1.165, 1.54) is 19.2 Å². The highest BCUT2D eigenvalue weighted by molar-refractivity contribution is 5.29. The zero-order valence-electron chi connectivity index (χ0n) is 7.21. The molecule has 1 aromatic rings. The standard InChI is InChI=1S/C9H11F2NO/c1-13-7-4-2-6(3-5-7)8(12)9(10)11/h2-5,8-9H,12H2,1H3/t8-/m1/s1. The van der Waals surface area contributed by atoms with Crippen molar-refractivity contribution in [3.05, 3.63) is 29.8 Å². The minimum absolute atomic E-state index is 0.413. The number of nitrogens with two attached hydrogens (primary N) is 1. The lowest BCUT2D eigenvalue weighted by molar-refractivity contribution is 0.116. The molecule has 0 spiro atoms.